The van der Waals surface area contributed by atoms with Gasteiger partial charge in [0, 0.05) is 0 Å². The Bertz CT molecular complexity index is 83.8. The van der Waals surface area contributed by atoms with Crippen molar-refractivity contribution in [2.24, 2.45) is 0 Å². The summed E-state index contributed by atoms with van der Waals surface area (Å²) in [6.45, 7) is 4.42. The molecule has 11 heavy (non-hydrogen) atoms. The van der Waals surface area contributed by atoms with Gasteiger partial charge >= 0.3 is 81.8 Å². The van der Waals surface area contributed by atoms with Gasteiger partial charge in [-0.3, -0.25) is 0 Å². The van der Waals surface area contributed by atoms with Crippen molar-refractivity contribution in [3.63, 3.8) is 0 Å². The number of phosphoric acid groups is 1. The van der Waals surface area contributed by atoms with Crippen LogP contribution < -0.4 is 0 Å². The van der Waals surface area contributed by atoms with Crippen LogP contribution in [-0.4, -0.2) is 14.7 Å². The van der Waals surface area contributed by atoms with Crippen LogP contribution in [0.25, 0.3) is 0 Å². The molecular weight excluding hydrogens is 544 g/mol. The zero-order valence-electron chi connectivity index (χ0n) is 7.03. The third kappa shape index (κ3) is 304. The average molecular weight is 557 g/mol. The van der Waals surface area contributed by atoms with Crippen LogP contribution >= 0.6 is 7.82 Å². The molecule has 0 heterocycles. The molecule has 0 aromatic heterocycles. The van der Waals surface area contributed by atoms with Gasteiger partial charge < -0.3 is 14.7 Å². The van der Waals surface area contributed by atoms with E-state index in [-0.39, 0.29) is 0 Å². The quantitative estimate of drug-likeness (QED) is 0.307. The van der Waals surface area contributed by atoms with E-state index in [0.29, 0.717) is 0 Å². The molecule has 0 aliphatic heterocycles. The molecular formula is C4H13Hg2O4P. The number of hydrogen-bond donors (Lipinski definition) is 3. The third-order valence-electron chi connectivity index (χ3n) is 0. The zero-order valence-corrected chi connectivity index (χ0v) is 18.9. The Morgan fingerprint density at radius 1 is 1.09 bits per heavy atom. The maximum Gasteiger partial charge on any atom is 0.466 e. The molecule has 0 radical (unpaired) electrons. The minimum absolute atomic E-state index is 1.07. The van der Waals surface area contributed by atoms with E-state index in [1.54, 1.807) is 0 Å². The van der Waals surface area contributed by atoms with E-state index in [1.807, 2.05) is 0 Å². The van der Waals surface area contributed by atoms with Crippen molar-refractivity contribution in [2.75, 3.05) is 0 Å². The van der Waals surface area contributed by atoms with Gasteiger partial charge in [-0.2, -0.15) is 0 Å². The summed E-state index contributed by atoms with van der Waals surface area (Å²) in [5.41, 5.74) is 0. The van der Waals surface area contributed by atoms with Crippen molar-refractivity contribution in [1.82, 2.24) is 0 Å². The molecule has 0 fully saturated rings. The summed E-state index contributed by atoms with van der Waals surface area (Å²) in [5.74, 6) is 0. The molecule has 0 aliphatic rings. The van der Waals surface area contributed by atoms with Crippen molar-refractivity contribution in [2.45, 2.75) is 21.7 Å². The van der Waals surface area contributed by atoms with E-state index in [9.17, 15) is 0 Å². The molecule has 0 rings (SSSR count). The second kappa shape index (κ2) is 14.5. The maximum atomic E-state index is 8.88. The van der Waals surface area contributed by atoms with Crippen molar-refractivity contribution in [1.29, 1.82) is 0 Å². The Morgan fingerprint density at radius 3 is 1.09 bits per heavy atom. The summed E-state index contributed by atoms with van der Waals surface area (Å²) in [4.78, 5) is 21.6. The first-order chi connectivity index (χ1) is 4.83. The topological polar surface area (TPSA) is 77.8 Å². The molecule has 0 bridgehead atoms. The fraction of sp³-hybridized carbons (Fsp3) is 1.00. The smallest absolute Gasteiger partial charge is 0.303 e. The van der Waals surface area contributed by atoms with Crippen LogP contribution in [0.1, 0.15) is 13.8 Å². The summed E-state index contributed by atoms with van der Waals surface area (Å²) < 4.78 is 11.8. The van der Waals surface area contributed by atoms with E-state index >= 15 is 0 Å². The normalized spacial score (nSPS) is 8.82. The fourth-order valence-corrected chi connectivity index (χ4v) is 0. The minimum atomic E-state index is -4.64. The molecule has 0 amide bonds. The van der Waals surface area contributed by atoms with Gasteiger partial charge in [-0.1, -0.05) is 0 Å². The zero-order chi connectivity index (χ0) is 9.91. The molecule has 0 saturated carbocycles. The first kappa shape index (κ1) is 18.7. The van der Waals surface area contributed by atoms with Crippen LogP contribution in [0.15, 0.2) is 0 Å². The van der Waals surface area contributed by atoms with Gasteiger partial charge in [0.25, 0.3) is 0 Å². The summed E-state index contributed by atoms with van der Waals surface area (Å²) in [5, 5.41) is 0. The Morgan fingerprint density at radius 2 is 1.09 bits per heavy atom. The molecule has 0 aliphatic carbocycles. The molecule has 4 nitrogen and oxygen atoms in total. The van der Waals surface area contributed by atoms with Gasteiger partial charge in [0.05, 0.1) is 0 Å². The van der Waals surface area contributed by atoms with E-state index in [4.69, 9.17) is 19.2 Å². The first-order valence-corrected chi connectivity index (χ1v) is 12.5. The Labute approximate surface area is 100.0 Å². The van der Waals surface area contributed by atoms with Crippen LogP contribution in [0.4, 0.5) is 0 Å². The molecule has 7 heteroatoms. The predicted octanol–water partition coefficient (Wildman–Crippen LogP) is 1.01. The molecule has 0 aromatic rings. The van der Waals surface area contributed by atoms with Crippen LogP contribution in [0.3, 0.4) is 0 Å². The Kier molecular flexibility index (Phi) is 24.7. The molecule has 3 N–H and O–H groups in total. The fourth-order valence-electron chi connectivity index (χ4n) is 0. The van der Waals surface area contributed by atoms with E-state index < -0.39 is 7.82 Å². The van der Waals surface area contributed by atoms with Crippen molar-refractivity contribution in [3.05, 3.63) is 0 Å². The van der Waals surface area contributed by atoms with E-state index in [1.165, 1.54) is 7.86 Å². The average Bonchev–Trinajstić information content (AvgIpc) is 1.62. The largest absolute Gasteiger partial charge is 0.466 e. The van der Waals surface area contributed by atoms with Crippen molar-refractivity contribution in [3.8, 4) is 0 Å². The molecule has 62 valence electrons. The molecule has 0 unspecified atom stereocenters. The molecule has 0 atom stereocenters. The van der Waals surface area contributed by atoms with Gasteiger partial charge in [0.1, 0.15) is 0 Å². The standard InChI is InChI=1S/2C2H5.2Hg.H3O4P/c2*1-2;;;1-5(2,3)4/h2*1H2,2H3;;;(H3,1,2,3,4). The summed E-state index contributed by atoms with van der Waals surface area (Å²) in [7, 11) is -4.64. The monoisotopic (exact) mass is 560 g/mol. The van der Waals surface area contributed by atoms with Crippen LogP contribution in [-0.2, 0) is 56.8 Å². The van der Waals surface area contributed by atoms with Crippen molar-refractivity contribution >= 4 is 7.82 Å². The van der Waals surface area contributed by atoms with E-state index in [2.05, 4.69) is 13.8 Å². The van der Waals surface area contributed by atoms with Crippen LogP contribution in [0, 0.1) is 0 Å². The number of rotatable bonds is 0. The van der Waals surface area contributed by atoms with Crippen LogP contribution in [0.2, 0.25) is 7.86 Å². The third-order valence-corrected chi connectivity index (χ3v) is 0. The summed E-state index contributed by atoms with van der Waals surface area (Å²) in [6, 6.07) is 0. The van der Waals surface area contributed by atoms with Gasteiger partial charge in [-0.25, -0.2) is 4.57 Å². The molecule has 0 spiro atoms. The predicted molar refractivity (Wildman–Crippen MR) is 35.2 cm³/mol. The first-order valence-electron chi connectivity index (χ1n) is 3.20. The minimum Gasteiger partial charge on any atom is -0.303 e. The Hall–Kier alpha value is 1.98. The SMILES string of the molecule is C[CH2][Hg].C[CH2][Hg].O=P(O)(O)O. The number of hydrogen-bond acceptors (Lipinski definition) is 1. The van der Waals surface area contributed by atoms with E-state index in [0.717, 1.165) is 52.2 Å². The van der Waals surface area contributed by atoms with Crippen molar-refractivity contribution < 1.29 is 71.5 Å². The van der Waals surface area contributed by atoms with Crippen LogP contribution in [0.5, 0.6) is 0 Å². The second-order valence-electron chi connectivity index (χ2n) is 1.51. The second-order valence-corrected chi connectivity index (χ2v) is 10.3. The van der Waals surface area contributed by atoms with Gasteiger partial charge in [-0.15, -0.1) is 0 Å². The summed E-state index contributed by atoms with van der Waals surface area (Å²) in [6.07, 6.45) is 0. The molecule has 0 aromatic carbocycles. The molecule has 0 saturated heterocycles. The summed E-state index contributed by atoms with van der Waals surface area (Å²) >= 11 is 2.13. The van der Waals surface area contributed by atoms with Gasteiger partial charge in [0.15, 0.2) is 0 Å². The maximum absolute atomic E-state index is 8.88. The Balaban J connectivity index is -0.0000000933. The van der Waals surface area contributed by atoms with Gasteiger partial charge in [0.2, 0.25) is 0 Å². The van der Waals surface area contributed by atoms with Gasteiger partial charge in [-0.05, 0) is 0 Å².